The minimum atomic E-state index is -0.525. The first-order valence-corrected chi connectivity index (χ1v) is 7.71. The lowest BCUT2D eigenvalue weighted by Crippen LogP contribution is -2.33. The molecule has 0 aliphatic carbocycles. The number of amides is 1. The molecule has 1 aromatic rings. The fourth-order valence-electron chi connectivity index (χ4n) is 1.54. The quantitative estimate of drug-likeness (QED) is 0.486. The molecular weight excluding hydrogens is 318 g/mol. The molecule has 0 unspecified atom stereocenters. The number of hydrogen-bond acceptors (Lipinski definition) is 4. The molecule has 1 amide bonds. The van der Waals surface area contributed by atoms with Crippen LogP contribution in [0.4, 0.5) is 4.79 Å². The molecule has 0 aliphatic rings. The highest BCUT2D eigenvalue weighted by atomic mass is 35.5. The third-order valence-corrected chi connectivity index (χ3v) is 2.77. The lowest BCUT2D eigenvalue weighted by atomic mass is 10.2. The maximum atomic E-state index is 11.5. The van der Waals surface area contributed by atoms with Crippen molar-refractivity contribution in [2.45, 2.75) is 32.8 Å². The smallest absolute Gasteiger partial charge is 0.407 e. The van der Waals surface area contributed by atoms with Gasteiger partial charge in [0.2, 0.25) is 0 Å². The summed E-state index contributed by atoms with van der Waals surface area (Å²) >= 11 is 5.78. The van der Waals surface area contributed by atoms with Gasteiger partial charge in [0.25, 0.3) is 0 Å². The molecule has 1 N–H and O–H groups in total. The second-order valence-corrected chi connectivity index (χ2v) is 6.27. The summed E-state index contributed by atoms with van der Waals surface area (Å²) in [5.41, 5.74) is 0.334. The molecule has 0 bridgehead atoms. The van der Waals surface area contributed by atoms with E-state index in [2.05, 4.69) is 5.32 Å². The van der Waals surface area contributed by atoms with E-state index >= 15 is 0 Å². The Morgan fingerprint density at radius 2 is 1.87 bits per heavy atom. The zero-order chi connectivity index (χ0) is 17.3. The van der Waals surface area contributed by atoms with Crippen LogP contribution in [0.2, 0.25) is 5.02 Å². The van der Waals surface area contributed by atoms with Crippen LogP contribution in [-0.2, 0) is 14.3 Å². The van der Waals surface area contributed by atoms with Crippen LogP contribution in [0, 0.1) is 0 Å². The Bertz CT molecular complexity index is 547. The van der Waals surface area contributed by atoms with Gasteiger partial charge in [0.05, 0.1) is 6.61 Å². The summed E-state index contributed by atoms with van der Waals surface area (Å²) in [5, 5.41) is 3.23. The molecule has 0 aromatic heterocycles. The van der Waals surface area contributed by atoms with Gasteiger partial charge in [-0.3, -0.25) is 0 Å². The van der Waals surface area contributed by atoms with Gasteiger partial charge in [-0.15, -0.1) is 0 Å². The van der Waals surface area contributed by atoms with Crippen LogP contribution in [0.5, 0.6) is 0 Å². The van der Waals surface area contributed by atoms with Gasteiger partial charge in [-0.25, -0.2) is 9.59 Å². The third kappa shape index (κ3) is 9.58. The molecule has 6 heteroatoms. The number of carbonyl (C=O) groups excluding carboxylic acids is 2. The van der Waals surface area contributed by atoms with Crippen molar-refractivity contribution in [1.29, 1.82) is 0 Å². The summed E-state index contributed by atoms with van der Waals surface area (Å²) in [6.07, 6.45) is 3.04. The number of benzene rings is 1. The standard InChI is InChI=1S/C17H22ClNO4/c1-17(2,3)23-16(21)19-11-4-12-22-15(20)10-7-13-5-8-14(18)9-6-13/h5-10H,4,11-12H2,1-3H3,(H,19,21). The van der Waals surface area contributed by atoms with Gasteiger partial charge in [0, 0.05) is 17.6 Å². The van der Waals surface area contributed by atoms with Gasteiger partial charge in [-0.05, 0) is 51.0 Å². The van der Waals surface area contributed by atoms with Crippen LogP contribution in [0.1, 0.15) is 32.8 Å². The number of esters is 1. The molecule has 0 spiro atoms. The van der Waals surface area contributed by atoms with Gasteiger partial charge in [0.1, 0.15) is 5.60 Å². The Hall–Kier alpha value is -2.01. The zero-order valence-electron chi connectivity index (χ0n) is 13.6. The van der Waals surface area contributed by atoms with Crippen LogP contribution < -0.4 is 5.32 Å². The topological polar surface area (TPSA) is 64.6 Å². The highest BCUT2D eigenvalue weighted by molar-refractivity contribution is 6.30. The number of nitrogens with one attached hydrogen (secondary N) is 1. The van der Waals surface area contributed by atoms with Crippen molar-refractivity contribution < 1.29 is 19.1 Å². The molecule has 0 atom stereocenters. The first-order chi connectivity index (χ1) is 10.8. The average Bonchev–Trinajstić information content (AvgIpc) is 2.44. The number of ether oxygens (including phenoxy) is 2. The van der Waals surface area contributed by atoms with E-state index < -0.39 is 17.7 Å². The Morgan fingerprint density at radius 3 is 2.48 bits per heavy atom. The largest absolute Gasteiger partial charge is 0.462 e. The predicted octanol–water partition coefficient (Wildman–Crippen LogP) is 3.81. The predicted molar refractivity (Wildman–Crippen MR) is 90.3 cm³/mol. The van der Waals surface area contributed by atoms with Gasteiger partial charge in [0.15, 0.2) is 0 Å². The number of halogens is 1. The lowest BCUT2D eigenvalue weighted by molar-refractivity contribution is -0.137. The molecule has 1 aromatic carbocycles. The van der Waals surface area contributed by atoms with Gasteiger partial charge in [-0.1, -0.05) is 23.7 Å². The second-order valence-electron chi connectivity index (χ2n) is 5.83. The first-order valence-electron chi connectivity index (χ1n) is 7.33. The maximum absolute atomic E-state index is 11.5. The fourth-order valence-corrected chi connectivity index (χ4v) is 1.66. The van der Waals surface area contributed by atoms with Crippen molar-refractivity contribution in [2.75, 3.05) is 13.2 Å². The summed E-state index contributed by atoms with van der Waals surface area (Å²) in [7, 11) is 0. The normalized spacial score (nSPS) is 11.3. The van der Waals surface area contributed by atoms with Gasteiger partial charge in [-0.2, -0.15) is 0 Å². The summed E-state index contributed by atoms with van der Waals surface area (Å²) in [4.78, 5) is 22.9. The highest BCUT2D eigenvalue weighted by Gasteiger charge is 2.15. The van der Waals surface area contributed by atoms with Crippen LogP contribution in [0.15, 0.2) is 30.3 Å². The molecule has 0 heterocycles. The van der Waals surface area contributed by atoms with E-state index in [1.165, 1.54) is 6.08 Å². The molecule has 0 fully saturated rings. The van der Waals surface area contributed by atoms with Gasteiger partial charge < -0.3 is 14.8 Å². The van der Waals surface area contributed by atoms with E-state index in [-0.39, 0.29) is 6.61 Å². The van der Waals surface area contributed by atoms with Crippen molar-refractivity contribution in [3.8, 4) is 0 Å². The minimum absolute atomic E-state index is 0.222. The number of rotatable bonds is 6. The van der Waals surface area contributed by atoms with E-state index in [9.17, 15) is 9.59 Å². The van der Waals surface area contributed by atoms with Crippen LogP contribution in [0.25, 0.3) is 6.08 Å². The monoisotopic (exact) mass is 339 g/mol. The van der Waals surface area contributed by atoms with E-state index in [1.807, 2.05) is 0 Å². The van der Waals surface area contributed by atoms with Crippen molar-refractivity contribution in [3.05, 3.63) is 40.9 Å². The Kier molecular flexibility index (Phi) is 7.62. The van der Waals surface area contributed by atoms with Crippen molar-refractivity contribution in [1.82, 2.24) is 5.32 Å². The molecule has 0 radical (unpaired) electrons. The summed E-state index contributed by atoms with van der Waals surface area (Å²) in [5.74, 6) is -0.433. The van der Waals surface area contributed by atoms with Gasteiger partial charge >= 0.3 is 12.1 Å². The summed E-state index contributed by atoms with van der Waals surface area (Å²) in [6, 6.07) is 7.09. The van der Waals surface area contributed by atoms with Crippen LogP contribution >= 0.6 is 11.6 Å². The van der Waals surface area contributed by atoms with E-state index in [0.29, 0.717) is 18.0 Å². The SMILES string of the molecule is CC(C)(C)OC(=O)NCCCOC(=O)C=Cc1ccc(Cl)cc1. The average molecular weight is 340 g/mol. The number of hydrogen-bond donors (Lipinski definition) is 1. The molecule has 5 nitrogen and oxygen atoms in total. The van der Waals surface area contributed by atoms with Crippen molar-refractivity contribution >= 4 is 29.7 Å². The van der Waals surface area contributed by atoms with Crippen molar-refractivity contribution in [2.24, 2.45) is 0 Å². The van der Waals surface area contributed by atoms with E-state index in [1.54, 1.807) is 51.1 Å². The molecule has 0 saturated carbocycles. The van der Waals surface area contributed by atoms with E-state index in [4.69, 9.17) is 21.1 Å². The minimum Gasteiger partial charge on any atom is -0.462 e. The summed E-state index contributed by atoms with van der Waals surface area (Å²) in [6.45, 7) is 5.98. The lowest BCUT2D eigenvalue weighted by Gasteiger charge is -2.19. The summed E-state index contributed by atoms with van der Waals surface area (Å²) < 4.78 is 10.1. The highest BCUT2D eigenvalue weighted by Crippen LogP contribution is 2.10. The molecule has 23 heavy (non-hydrogen) atoms. The Balaban J connectivity index is 2.17. The molecule has 0 aliphatic heterocycles. The molecule has 1 rings (SSSR count). The number of carbonyl (C=O) groups is 2. The Labute approximate surface area is 141 Å². The van der Waals surface area contributed by atoms with E-state index in [0.717, 1.165) is 5.56 Å². The van der Waals surface area contributed by atoms with Crippen molar-refractivity contribution in [3.63, 3.8) is 0 Å². The maximum Gasteiger partial charge on any atom is 0.407 e. The molecule has 126 valence electrons. The molecule has 0 saturated heterocycles. The second kappa shape index (κ2) is 9.20. The molecular formula is C17H22ClNO4. The van der Waals surface area contributed by atoms with Crippen LogP contribution in [-0.4, -0.2) is 30.8 Å². The Morgan fingerprint density at radius 1 is 1.22 bits per heavy atom. The van der Waals surface area contributed by atoms with Crippen LogP contribution in [0.3, 0.4) is 0 Å². The third-order valence-electron chi connectivity index (χ3n) is 2.52. The zero-order valence-corrected chi connectivity index (χ0v) is 14.4. The number of alkyl carbamates (subject to hydrolysis) is 1. The first kappa shape index (κ1) is 19.0. The fraction of sp³-hybridized carbons (Fsp3) is 0.412.